The molecular formula is C38H48N3O7P. The number of rotatable bonds is 14. The molecule has 5 rings (SSSR count). The van der Waals surface area contributed by atoms with Gasteiger partial charge in [0.1, 0.15) is 37.7 Å². The number of hydrogen-bond donors (Lipinski definition) is 1. The van der Waals surface area contributed by atoms with Gasteiger partial charge in [0.2, 0.25) is 0 Å². The van der Waals surface area contributed by atoms with Gasteiger partial charge in [0.15, 0.2) is 0 Å². The first kappa shape index (κ1) is 36.5. The standard InChI is InChI=1S/C38H48N3O7P/c1-25(2)41(26(3)4)49(8)48-33-22-35(40-23-27(5)36(42)39-37(40)43)47-34(33)24-46-38(28-12-10-9-11-13-28,29-14-18-31(44-6)19-15-29)30-16-20-32(45-7)21-17-30/h9-21,23,25-26,33-35H,22,24H2,1-8H3,(H,39,42,43)/t33-,34-,35-,49?/m1/s1. The highest BCUT2D eigenvalue weighted by Gasteiger charge is 2.44. The maximum Gasteiger partial charge on any atom is 0.330 e. The Labute approximate surface area is 289 Å². The van der Waals surface area contributed by atoms with Crippen LogP contribution in [-0.4, -0.2) is 66.0 Å². The third kappa shape index (κ3) is 7.84. The summed E-state index contributed by atoms with van der Waals surface area (Å²) in [7, 11) is 2.26. The van der Waals surface area contributed by atoms with Gasteiger partial charge in [-0.3, -0.25) is 19.0 Å². The summed E-state index contributed by atoms with van der Waals surface area (Å²) in [6.07, 6.45) is 0.345. The van der Waals surface area contributed by atoms with Gasteiger partial charge in [-0.25, -0.2) is 4.79 Å². The number of methoxy groups -OCH3 is 2. The lowest BCUT2D eigenvalue weighted by Crippen LogP contribution is -2.39. The van der Waals surface area contributed by atoms with Crippen LogP contribution in [0.5, 0.6) is 11.5 Å². The lowest BCUT2D eigenvalue weighted by molar-refractivity contribution is -0.0914. The van der Waals surface area contributed by atoms with E-state index in [1.807, 2.05) is 66.7 Å². The first-order chi connectivity index (χ1) is 23.5. The third-order valence-corrected chi connectivity index (χ3v) is 11.1. The molecule has 4 aromatic rings. The molecule has 0 spiro atoms. The fourth-order valence-electron chi connectivity index (χ4n) is 6.71. The molecule has 0 aliphatic carbocycles. The molecule has 3 aromatic carbocycles. The van der Waals surface area contributed by atoms with Crippen LogP contribution in [0.1, 0.15) is 62.6 Å². The summed E-state index contributed by atoms with van der Waals surface area (Å²) in [4.78, 5) is 27.6. The van der Waals surface area contributed by atoms with Gasteiger partial charge in [0.25, 0.3) is 5.56 Å². The molecule has 2 heterocycles. The molecule has 1 aromatic heterocycles. The molecule has 0 bridgehead atoms. The molecule has 4 atom stereocenters. The van der Waals surface area contributed by atoms with E-state index in [-0.39, 0.29) is 18.7 Å². The number of nitrogens with zero attached hydrogens (tertiary/aromatic N) is 2. The summed E-state index contributed by atoms with van der Waals surface area (Å²) in [5.74, 6) is 1.46. The van der Waals surface area contributed by atoms with Crippen molar-refractivity contribution in [3.63, 3.8) is 0 Å². The van der Waals surface area contributed by atoms with Crippen LogP contribution in [0, 0.1) is 6.92 Å². The zero-order chi connectivity index (χ0) is 35.3. The summed E-state index contributed by atoms with van der Waals surface area (Å²) < 4.78 is 35.5. The normalized spacial score (nSPS) is 18.7. The fourth-order valence-corrected chi connectivity index (χ4v) is 8.73. The van der Waals surface area contributed by atoms with E-state index in [1.165, 1.54) is 4.57 Å². The van der Waals surface area contributed by atoms with Gasteiger partial charge >= 0.3 is 5.69 Å². The molecule has 0 radical (unpaired) electrons. The summed E-state index contributed by atoms with van der Waals surface area (Å²) in [6, 6.07) is 26.4. The average Bonchev–Trinajstić information content (AvgIpc) is 3.49. The van der Waals surface area contributed by atoms with Gasteiger partial charge in [-0.1, -0.05) is 54.6 Å². The van der Waals surface area contributed by atoms with Crippen LogP contribution in [0.25, 0.3) is 0 Å². The topological polar surface area (TPSA) is 104 Å². The Morgan fingerprint density at radius 1 is 0.878 bits per heavy atom. The molecule has 1 fully saturated rings. The van der Waals surface area contributed by atoms with E-state index in [4.69, 9.17) is 23.5 Å². The predicted molar refractivity (Wildman–Crippen MR) is 193 cm³/mol. The van der Waals surface area contributed by atoms with Crippen molar-refractivity contribution in [2.75, 3.05) is 27.5 Å². The van der Waals surface area contributed by atoms with Crippen LogP contribution in [-0.2, 0) is 19.6 Å². The molecular weight excluding hydrogens is 641 g/mol. The minimum absolute atomic E-state index is 0.137. The molecule has 262 valence electrons. The third-order valence-electron chi connectivity index (χ3n) is 8.95. The van der Waals surface area contributed by atoms with Crippen LogP contribution in [0.4, 0.5) is 0 Å². The van der Waals surface area contributed by atoms with Gasteiger partial charge < -0.3 is 23.5 Å². The minimum Gasteiger partial charge on any atom is -0.497 e. The number of aromatic amines is 1. The van der Waals surface area contributed by atoms with Crippen LogP contribution in [0.3, 0.4) is 0 Å². The number of ether oxygens (including phenoxy) is 4. The van der Waals surface area contributed by atoms with E-state index in [1.54, 1.807) is 27.3 Å². The van der Waals surface area contributed by atoms with Crippen molar-refractivity contribution < 1.29 is 23.5 Å². The molecule has 49 heavy (non-hydrogen) atoms. The first-order valence-electron chi connectivity index (χ1n) is 16.6. The van der Waals surface area contributed by atoms with Gasteiger partial charge in [0.05, 0.1) is 26.9 Å². The van der Waals surface area contributed by atoms with Crippen molar-refractivity contribution in [2.24, 2.45) is 0 Å². The van der Waals surface area contributed by atoms with E-state index in [9.17, 15) is 9.59 Å². The Balaban J connectivity index is 1.58. The number of aromatic nitrogens is 2. The summed E-state index contributed by atoms with van der Waals surface area (Å²) >= 11 is 0. The Morgan fingerprint density at radius 3 is 1.92 bits per heavy atom. The lowest BCUT2D eigenvalue weighted by atomic mass is 9.80. The van der Waals surface area contributed by atoms with E-state index in [0.717, 1.165) is 28.2 Å². The van der Waals surface area contributed by atoms with Crippen LogP contribution in [0.15, 0.2) is 94.6 Å². The molecule has 1 N–H and O–H groups in total. The molecule has 10 nitrogen and oxygen atoms in total. The summed E-state index contributed by atoms with van der Waals surface area (Å²) in [5.41, 5.74) is 1.14. The quantitative estimate of drug-likeness (QED) is 0.117. The Bertz CT molecular complexity index is 1720. The number of benzene rings is 3. The van der Waals surface area contributed by atoms with Crippen LogP contribution >= 0.6 is 8.30 Å². The first-order valence-corrected chi connectivity index (χ1v) is 18.3. The van der Waals surface area contributed by atoms with Crippen LogP contribution < -0.4 is 20.7 Å². The molecule has 1 aliphatic rings. The smallest absolute Gasteiger partial charge is 0.330 e. The maximum atomic E-state index is 13.0. The molecule has 11 heteroatoms. The number of H-pyrrole nitrogens is 1. The van der Waals surface area contributed by atoms with Crippen molar-refractivity contribution in [3.8, 4) is 11.5 Å². The summed E-state index contributed by atoms with van der Waals surface area (Å²) in [6.45, 7) is 12.6. The highest BCUT2D eigenvalue weighted by atomic mass is 31.2. The van der Waals surface area contributed by atoms with Gasteiger partial charge in [-0.15, -0.1) is 0 Å². The second kappa shape index (κ2) is 15.8. The Kier molecular flexibility index (Phi) is 11.8. The zero-order valence-electron chi connectivity index (χ0n) is 29.6. The number of aryl methyl sites for hydroxylation is 1. The summed E-state index contributed by atoms with van der Waals surface area (Å²) in [5, 5.41) is 0. The van der Waals surface area contributed by atoms with E-state index >= 15 is 0 Å². The second-order valence-electron chi connectivity index (χ2n) is 12.8. The van der Waals surface area contributed by atoms with E-state index in [0.29, 0.717) is 12.0 Å². The molecule has 0 amide bonds. The minimum atomic E-state index is -1.06. The highest BCUT2D eigenvalue weighted by molar-refractivity contribution is 7.49. The van der Waals surface area contributed by atoms with Crippen molar-refractivity contribution >= 4 is 8.30 Å². The lowest BCUT2D eigenvalue weighted by Gasteiger charge is -2.39. The number of hydrogen-bond acceptors (Lipinski definition) is 8. The average molecular weight is 690 g/mol. The SMILES string of the molecule is COc1ccc(C(OC[C@H]2O[C@@H](n3cc(C)c(=O)[nH]c3=O)C[C@H]2OP(C)N(C(C)C)C(C)C)(c2ccccc2)c2ccc(OC)cc2)cc1. The number of nitrogens with one attached hydrogen (secondary N) is 1. The van der Waals surface area contributed by atoms with Crippen molar-refractivity contribution in [2.45, 2.75) is 77.2 Å². The predicted octanol–water partition coefficient (Wildman–Crippen LogP) is 6.60. The molecule has 1 unspecified atom stereocenters. The second-order valence-corrected chi connectivity index (χ2v) is 14.4. The van der Waals surface area contributed by atoms with Crippen molar-refractivity contribution in [3.05, 3.63) is 128 Å². The monoisotopic (exact) mass is 689 g/mol. The Hall–Kier alpha value is -3.79. The van der Waals surface area contributed by atoms with Crippen molar-refractivity contribution in [1.82, 2.24) is 14.2 Å². The van der Waals surface area contributed by atoms with Gasteiger partial charge in [0, 0.05) is 30.3 Å². The van der Waals surface area contributed by atoms with E-state index in [2.05, 4.69) is 56.1 Å². The highest BCUT2D eigenvalue weighted by Crippen LogP contribution is 2.47. The molecule has 0 saturated carbocycles. The zero-order valence-corrected chi connectivity index (χ0v) is 30.5. The van der Waals surface area contributed by atoms with Crippen LogP contribution in [0.2, 0.25) is 0 Å². The van der Waals surface area contributed by atoms with Gasteiger partial charge in [-0.2, -0.15) is 0 Å². The van der Waals surface area contributed by atoms with E-state index < -0.39 is 43.6 Å². The maximum absolute atomic E-state index is 13.0. The van der Waals surface area contributed by atoms with Crippen molar-refractivity contribution in [1.29, 1.82) is 0 Å². The molecule has 1 aliphatic heterocycles. The fraction of sp³-hybridized carbons (Fsp3) is 0.421. The Morgan fingerprint density at radius 2 is 1.41 bits per heavy atom. The van der Waals surface area contributed by atoms with Gasteiger partial charge in [-0.05, 0) is 82.2 Å². The molecule has 1 saturated heterocycles. The largest absolute Gasteiger partial charge is 0.497 e.